The smallest absolute Gasteiger partial charge is 0.304 e. The molecule has 24 heavy (non-hydrogen) atoms. The van der Waals surface area contributed by atoms with E-state index in [2.05, 4.69) is 20.8 Å². The monoisotopic (exact) mass is 342 g/mol. The van der Waals surface area contributed by atoms with Crippen molar-refractivity contribution >= 4 is 11.9 Å². The number of carbonyl (C=O) groups is 2. The molecule has 0 bridgehead atoms. The molecule has 0 saturated heterocycles. The molecule has 1 fully saturated rings. The van der Waals surface area contributed by atoms with E-state index in [1.165, 1.54) is 0 Å². The lowest BCUT2D eigenvalue weighted by Crippen LogP contribution is -2.38. The highest BCUT2D eigenvalue weighted by molar-refractivity contribution is 5.68. The summed E-state index contributed by atoms with van der Waals surface area (Å²) >= 11 is 0. The van der Waals surface area contributed by atoms with E-state index >= 15 is 0 Å². The Morgan fingerprint density at radius 1 is 1.25 bits per heavy atom. The third-order valence-corrected chi connectivity index (χ3v) is 6.07. The number of nitrogens with two attached hydrogens (primary N) is 2. The second-order valence-electron chi connectivity index (χ2n) is 8.06. The summed E-state index contributed by atoms with van der Waals surface area (Å²) in [5.41, 5.74) is 11.6. The first-order valence-electron chi connectivity index (χ1n) is 9.00. The molecule has 1 aliphatic rings. The maximum Gasteiger partial charge on any atom is 0.304 e. The fourth-order valence-electron chi connectivity index (χ4n) is 4.72. The maximum atomic E-state index is 11.3. The average molecular weight is 342 g/mol. The first-order valence-corrected chi connectivity index (χ1v) is 9.00. The zero-order valence-electron chi connectivity index (χ0n) is 15.2. The van der Waals surface area contributed by atoms with Crippen molar-refractivity contribution in [2.45, 2.75) is 65.3 Å². The molecule has 6 N–H and O–H groups in total. The van der Waals surface area contributed by atoms with Gasteiger partial charge in [0.1, 0.15) is 0 Å². The molecule has 6 atom stereocenters. The average Bonchev–Trinajstić information content (AvgIpc) is 2.67. The zero-order valence-corrected chi connectivity index (χ0v) is 15.2. The molecule has 1 rings (SSSR count). The normalized spacial score (nSPS) is 32.5. The highest BCUT2D eigenvalue weighted by Gasteiger charge is 2.49. The second-order valence-corrected chi connectivity index (χ2v) is 8.06. The van der Waals surface area contributed by atoms with E-state index in [-0.39, 0.29) is 24.3 Å². The highest BCUT2D eigenvalue weighted by atomic mass is 16.4. The van der Waals surface area contributed by atoms with Gasteiger partial charge in [-0.2, -0.15) is 0 Å². The fourth-order valence-corrected chi connectivity index (χ4v) is 4.72. The Kier molecular flexibility index (Phi) is 7.67. The van der Waals surface area contributed by atoms with Crippen LogP contribution in [0, 0.1) is 29.1 Å². The number of hydrogen-bond acceptors (Lipinski definition) is 4. The van der Waals surface area contributed by atoms with Crippen molar-refractivity contribution < 1.29 is 19.8 Å². The van der Waals surface area contributed by atoms with E-state index in [0.29, 0.717) is 36.6 Å². The Morgan fingerprint density at radius 3 is 2.38 bits per heavy atom. The number of carboxylic acid groups (broad SMARTS) is 2. The van der Waals surface area contributed by atoms with Crippen LogP contribution < -0.4 is 11.5 Å². The quantitative estimate of drug-likeness (QED) is 0.482. The van der Waals surface area contributed by atoms with E-state index in [0.717, 1.165) is 19.3 Å². The SMILES string of the molecule is C[C@H](CCC1[C@H](C)[C@@H](C)CC1(CN)CC(=O)O)C[C@H](N)CC(=O)O. The molecule has 1 saturated carbocycles. The topological polar surface area (TPSA) is 127 Å². The van der Waals surface area contributed by atoms with Crippen molar-refractivity contribution in [3.8, 4) is 0 Å². The van der Waals surface area contributed by atoms with Gasteiger partial charge in [0.05, 0.1) is 12.8 Å². The fraction of sp³-hybridized carbons (Fsp3) is 0.889. The van der Waals surface area contributed by atoms with Crippen molar-refractivity contribution in [3.63, 3.8) is 0 Å². The number of aliphatic carboxylic acids is 2. The molecule has 0 amide bonds. The first kappa shape index (κ1) is 20.9. The van der Waals surface area contributed by atoms with E-state index in [1.54, 1.807) is 0 Å². The summed E-state index contributed by atoms with van der Waals surface area (Å²) in [7, 11) is 0. The van der Waals surface area contributed by atoms with Gasteiger partial charge in [-0.3, -0.25) is 9.59 Å². The highest BCUT2D eigenvalue weighted by Crippen LogP contribution is 2.53. The largest absolute Gasteiger partial charge is 0.481 e. The molecular formula is C18H34N2O4. The molecular weight excluding hydrogens is 308 g/mol. The lowest BCUT2D eigenvalue weighted by atomic mass is 9.70. The van der Waals surface area contributed by atoms with Crippen LogP contribution in [-0.2, 0) is 9.59 Å². The first-order chi connectivity index (χ1) is 11.1. The molecule has 140 valence electrons. The molecule has 0 heterocycles. The Balaban J connectivity index is 2.68. The van der Waals surface area contributed by atoms with Crippen LogP contribution in [0.15, 0.2) is 0 Å². The van der Waals surface area contributed by atoms with E-state index in [4.69, 9.17) is 16.6 Å². The van der Waals surface area contributed by atoms with Crippen molar-refractivity contribution in [1.82, 2.24) is 0 Å². The summed E-state index contributed by atoms with van der Waals surface area (Å²) < 4.78 is 0. The van der Waals surface area contributed by atoms with Crippen LogP contribution in [0.3, 0.4) is 0 Å². The summed E-state index contributed by atoms with van der Waals surface area (Å²) in [6, 6.07) is -0.323. The van der Waals surface area contributed by atoms with Gasteiger partial charge in [-0.05, 0) is 54.9 Å². The van der Waals surface area contributed by atoms with Gasteiger partial charge in [0.2, 0.25) is 0 Å². The van der Waals surface area contributed by atoms with Crippen molar-refractivity contribution in [1.29, 1.82) is 0 Å². The van der Waals surface area contributed by atoms with Gasteiger partial charge in [-0.15, -0.1) is 0 Å². The minimum absolute atomic E-state index is 0.00699. The molecule has 1 aliphatic carbocycles. The minimum atomic E-state index is -0.864. The molecule has 0 aromatic heterocycles. The van der Waals surface area contributed by atoms with Crippen LogP contribution in [0.5, 0.6) is 0 Å². The minimum Gasteiger partial charge on any atom is -0.481 e. The summed E-state index contributed by atoms with van der Waals surface area (Å²) in [6.45, 7) is 6.89. The van der Waals surface area contributed by atoms with Crippen molar-refractivity contribution in [3.05, 3.63) is 0 Å². The molecule has 2 unspecified atom stereocenters. The van der Waals surface area contributed by atoms with Crippen LogP contribution in [0.4, 0.5) is 0 Å². The van der Waals surface area contributed by atoms with Crippen molar-refractivity contribution in [2.75, 3.05) is 6.54 Å². The number of carboxylic acids is 2. The third-order valence-electron chi connectivity index (χ3n) is 6.07. The molecule has 0 aliphatic heterocycles. The lowest BCUT2D eigenvalue weighted by molar-refractivity contribution is -0.140. The molecule has 0 aromatic carbocycles. The van der Waals surface area contributed by atoms with Gasteiger partial charge in [0.25, 0.3) is 0 Å². The molecule has 0 aromatic rings. The van der Waals surface area contributed by atoms with Crippen LogP contribution in [-0.4, -0.2) is 34.7 Å². The Bertz CT molecular complexity index is 443. The van der Waals surface area contributed by atoms with Gasteiger partial charge in [0.15, 0.2) is 0 Å². The molecule has 0 radical (unpaired) electrons. The van der Waals surface area contributed by atoms with E-state index in [9.17, 15) is 14.7 Å². The number of hydrogen-bond donors (Lipinski definition) is 4. The molecule has 6 nitrogen and oxygen atoms in total. The molecule has 6 heteroatoms. The van der Waals surface area contributed by atoms with Gasteiger partial charge >= 0.3 is 11.9 Å². The summed E-state index contributed by atoms with van der Waals surface area (Å²) in [4.78, 5) is 22.1. The van der Waals surface area contributed by atoms with Gasteiger partial charge in [-0.1, -0.05) is 27.2 Å². The predicted molar refractivity (Wildman–Crippen MR) is 93.4 cm³/mol. The van der Waals surface area contributed by atoms with Crippen LogP contribution in [0.25, 0.3) is 0 Å². The van der Waals surface area contributed by atoms with Crippen LogP contribution in [0.2, 0.25) is 0 Å². The maximum absolute atomic E-state index is 11.3. The third kappa shape index (κ3) is 5.45. The predicted octanol–water partition coefficient (Wildman–Crippen LogP) is 2.31. The Morgan fingerprint density at radius 2 is 1.88 bits per heavy atom. The van der Waals surface area contributed by atoms with Gasteiger partial charge in [-0.25, -0.2) is 0 Å². The van der Waals surface area contributed by atoms with Crippen LogP contribution in [0.1, 0.15) is 59.3 Å². The standard InChI is InChI=1S/C18H34N2O4/c1-11(6-14(20)7-16(21)22)4-5-15-13(3)12(2)8-18(15,10-19)9-17(23)24/h11-15H,4-10,19-20H2,1-3H3,(H,21,22)(H,23,24)/t11-,12+,13-,14+,15?,18?/m1/s1. The summed E-state index contributed by atoms with van der Waals surface area (Å²) in [5.74, 6) is -0.0930. The van der Waals surface area contributed by atoms with E-state index < -0.39 is 11.9 Å². The van der Waals surface area contributed by atoms with E-state index in [1.807, 2.05) is 0 Å². The molecule has 0 spiro atoms. The Hall–Kier alpha value is -1.14. The van der Waals surface area contributed by atoms with Crippen LogP contribution >= 0.6 is 0 Å². The summed E-state index contributed by atoms with van der Waals surface area (Å²) in [5, 5.41) is 18.1. The second kappa shape index (κ2) is 8.81. The zero-order chi connectivity index (χ0) is 18.5. The van der Waals surface area contributed by atoms with Gasteiger partial charge < -0.3 is 21.7 Å². The van der Waals surface area contributed by atoms with Crippen molar-refractivity contribution in [2.24, 2.45) is 40.6 Å². The Labute approximate surface area is 145 Å². The number of rotatable bonds is 10. The lowest BCUT2D eigenvalue weighted by Gasteiger charge is -2.35. The van der Waals surface area contributed by atoms with Gasteiger partial charge in [0, 0.05) is 6.04 Å². The summed E-state index contributed by atoms with van der Waals surface area (Å²) in [6.07, 6.45) is 3.53.